The average molecular weight is 232 g/mol. The molecule has 0 saturated carbocycles. The molecule has 2 aromatic carbocycles. The topological polar surface area (TPSA) is 17.1 Å². The highest BCUT2D eigenvalue weighted by atomic mass is 32.2. The van der Waals surface area contributed by atoms with Crippen molar-refractivity contribution < 1.29 is 9.18 Å². The maximum absolute atomic E-state index is 12.7. The van der Waals surface area contributed by atoms with E-state index in [1.165, 1.54) is 24.3 Å². The summed E-state index contributed by atoms with van der Waals surface area (Å²) in [7, 11) is 0. The summed E-state index contributed by atoms with van der Waals surface area (Å²) in [6.45, 7) is 0. The van der Waals surface area contributed by atoms with Crippen molar-refractivity contribution in [2.45, 2.75) is 4.90 Å². The fraction of sp³-hybridized carbons (Fsp3) is 0. The molecule has 3 heteroatoms. The lowest BCUT2D eigenvalue weighted by molar-refractivity contribution is 0.108. The molecule has 0 amide bonds. The van der Waals surface area contributed by atoms with Gasteiger partial charge < -0.3 is 0 Å². The molecule has 0 N–H and O–H groups in total. The predicted octanol–water partition coefficient (Wildman–Crippen LogP) is 3.76. The Morgan fingerprint density at radius 2 is 1.56 bits per heavy atom. The fourth-order valence-electron chi connectivity index (χ4n) is 1.24. The lowest BCUT2D eigenvalue weighted by atomic mass is 10.2. The standard InChI is InChI=1S/C13H9FOS/c14-11-8-6-10(7-9-11)13(15)16-12-4-2-1-3-5-12/h1-9H. The number of halogens is 1. The van der Waals surface area contributed by atoms with Gasteiger partial charge in [0.05, 0.1) is 0 Å². The predicted molar refractivity (Wildman–Crippen MR) is 63.0 cm³/mol. The lowest BCUT2D eigenvalue weighted by Gasteiger charge is -2.00. The van der Waals surface area contributed by atoms with Crippen molar-refractivity contribution in [3.05, 3.63) is 66.0 Å². The molecule has 0 bridgehead atoms. The highest BCUT2D eigenvalue weighted by Crippen LogP contribution is 2.22. The Balaban J connectivity index is 2.12. The minimum Gasteiger partial charge on any atom is -0.281 e. The first kappa shape index (κ1) is 10.9. The van der Waals surface area contributed by atoms with Gasteiger partial charge >= 0.3 is 0 Å². The van der Waals surface area contributed by atoms with Crippen LogP contribution in [0.3, 0.4) is 0 Å². The molecule has 0 heterocycles. The van der Waals surface area contributed by atoms with Gasteiger partial charge in [-0.2, -0.15) is 0 Å². The Bertz CT molecular complexity index is 479. The quantitative estimate of drug-likeness (QED) is 0.733. The van der Waals surface area contributed by atoms with Gasteiger partial charge in [-0.3, -0.25) is 4.79 Å². The van der Waals surface area contributed by atoms with E-state index in [1.54, 1.807) is 0 Å². The minimum absolute atomic E-state index is 0.0776. The number of carbonyl (C=O) groups excluding carboxylic acids is 1. The van der Waals surface area contributed by atoms with E-state index in [0.29, 0.717) is 5.56 Å². The van der Waals surface area contributed by atoms with E-state index in [0.717, 1.165) is 16.7 Å². The van der Waals surface area contributed by atoms with E-state index in [2.05, 4.69) is 0 Å². The molecular weight excluding hydrogens is 223 g/mol. The molecular formula is C13H9FOS. The number of rotatable bonds is 2. The SMILES string of the molecule is O=C(Sc1ccccc1)c1ccc(F)cc1. The van der Waals surface area contributed by atoms with Crippen LogP contribution in [0.4, 0.5) is 4.39 Å². The van der Waals surface area contributed by atoms with Crippen LogP contribution in [0.1, 0.15) is 10.4 Å². The first-order chi connectivity index (χ1) is 7.75. The van der Waals surface area contributed by atoms with Gasteiger partial charge in [0.15, 0.2) is 0 Å². The number of thioether (sulfide) groups is 1. The number of carbonyl (C=O) groups is 1. The first-order valence-corrected chi connectivity index (χ1v) is 5.60. The molecule has 0 saturated heterocycles. The van der Waals surface area contributed by atoms with Crippen molar-refractivity contribution in [1.29, 1.82) is 0 Å². The zero-order valence-electron chi connectivity index (χ0n) is 8.39. The Kier molecular flexibility index (Phi) is 3.37. The van der Waals surface area contributed by atoms with Crippen molar-refractivity contribution >= 4 is 16.9 Å². The Hall–Kier alpha value is -1.61. The van der Waals surface area contributed by atoms with Crippen LogP contribution in [-0.2, 0) is 0 Å². The second-order valence-corrected chi connectivity index (χ2v) is 4.26. The zero-order chi connectivity index (χ0) is 11.4. The van der Waals surface area contributed by atoms with Gasteiger partial charge in [0.25, 0.3) is 0 Å². The Morgan fingerprint density at radius 1 is 0.938 bits per heavy atom. The van der Waals surface area contributed by atoms with Gasteiger partial charge in [-0.1, -0.05) is 18.2 Å². The second kappa shape index (κ2) is 4.94. The molecule has 0 aliphatic heterocycles. The van der Waals surface area contributed by atoms with Gasteiger partial charge in [0.2, 0.25) is 5.12 Å². The highest BCUT2D eigenvalue weighted by Gasteiger charge is 2.07. The van der Waals surface area contributed by atoms with Crippen LogP contribution in [0, 0.1) is 5.82 Å². The summed E-state index contributed by atoms with van der Waals surface area (Å²) in [6.07, 6.45) is 0. The molecule has 0 spiro atoms. The average Bonchev–Trinajstić information content (AvgIpc) is 2.31. The van der Waals surface area contributed by atoms with Crippen molar-refractivity contribution in [2.75, 3.05) is 0 Å². The normalized spacial score (nSPS) is 10.1. The van der Waals surface area contributed by atoms with Crippen LogP contribution in [0.5, 0.6) is 0 Å². The van der Waals surface area contributed by atoms with Gasteiger partial charge in [0.1, 0.15) is 5.82 Å². The van der Waals surface area contributed by atoms with Crippen LogP contribution in [-0.4, -0.2) is 5.12 Å². The molecule has 0 aliphatic rings. The lowest BCUT2D eigenvalue weighted by Crippen LogP contribution is -1.92. The Morgan fingerprint density at radius 3 is 2.19 bits per heavy atom. The van der Waals surface area contributed by atoms with E-state index >= 15 is 0 Å². The molecule has 0 atom stereocenters. The van der Waals surface area contributed by atoms with E-state index in [9.17, 15) is 9.18 Å². The van der Waals surface area contributed by atoms with Gasteiger partial charge in [-0.25, -0.2) is 4.39 Å². The summed E-state index contributed by atoms with van der Waals surface area (Å²) in [4.78, 5) is 12.7. The highest BCUT2D eigenvalue weighted by molar-refractivity contribution is 8.14. The number of hydrogen-bond acceptors (Lipinski definition) is 2. The molecule has 2 aromatic rings. The first-order valence-electron chi connectivity index (χ1n) is 4.78. The molecule has 0 aliphatic carbocycles. The summed E-state index contributed by atoms with van der Waals surface area (Å²) >= 11 is 1.14. The summed E-state index contributed by atoms with van der Waals surface area (Å²) in [5.41, 5.74) is 0.509. The molecule has 0 radical (unpaired) electrons. The summed E-state index contributed by atoms with van der Waals surface area (Å²) in [6, 6.07) is 14.9. The molecule has 0 fully saturated rings. The number of benzene rings is 2. The van der Waals surface area contributed by atoms with Crippen LogP contribution >= 0.6 is 11.8 Å². The zero-order valence-corrected chi connectivity index (χ0v) is 9.21. The molecule has 0 unspecified atom stereocenters. The largest absolute Gasteiger partial charge is 0.281 e. The van der Waals surface area contributed by atoms with E-state index < -0.39 is 0 Å². The monoisotopic (exact) mass is 232 g/mol. The molecule has 1 nitrogen and oxygen atoms in total. The van der Waals surface area contributed by atoms with Gasteiger partial charge in [-0.15, -0.1) is 0 Å². The molecule has 0 aromatic heterocycles. The van der Waals surface area contributed by atoms with E-state index in [4.69, 9.17) is 0 Å². The van der Waals surface area contributed by atoms with Crippen molar-refractivity contribution in [1.82, 2.24) is 0 Å². The van der Waals surface area contributed by atoms with Crippen LogP contribution in [0.2, 0.25) is 0 Å². The summed E-state index contributed by atoms with van der Waals surface area (Å²) < 4.78 is 12.7. The van der Waals surface area contributed by atoms with E-state index in [1.807, 2.05) is 30.3 Å². The third-order valence-corrected chi connectivity index (χ3v) is 2.96. The summed E-state index contributed by atoms with van der Waals surface area (Å²) in [5.74, 6) is -0.332. The second-order valence-electron chi connectivity index (χ2n) is 3.21. The Labute approximate surface area is 97.3 Å². The molecule has 16 heavy (non-hydrogen) atoms. The van der Waals surface area contributed by atoms with Crippen molar-refractivity contribution in [3.63, 3.8) is 0 Å². The fourth-order valence-corrected chi connectivity index (χ4v) is 2.00. The maximum atomic E-state index is 12.7. The van der Waals surface area contributed by atoms with Crippen LogP contribution in [0.25, 0.3) is 0 Å². The number of hydrogen-bond donors (Lipinski definition) is 0. The summed E-state index contributed by atoms with van der Waals surface area (Å²) in [5, 5.41) is -0.0776. The van der Waals surface area contributed by atoms with Gasteiger partial charge in [0, 0.05) is 10.5 Å². The van der Waals surface area contributed by atoms with Crippen LogP contribution < -0.4 is 0 Å². The van der Waals surface area contributed by atoms with Gasteiger partial charge in [-0.05, 0) is 48.2 Å². The van der Waals surface area contributed by atoms with E-state index in [-0.39, 0.29) is 10.9 Å². The van der Waals surface area contributed by atoms with Crippen molar-refractivity contribution in [2.24, 2.45) is 0 Å². The molecule has 80 valence electrons. The molecule has 2 rings (SSSR count). The van der Waals surface area contributed by atoms with Crippen LogP contribution in [0.15, 0.2) is 59.5 Å². The third kappa shape index (κ3) is 2.70. The van der Waals surface area contributed by atoms with Crippen molar-refractivity contribution in [3.8, 4) is 0 Å². The smallest absolute Gasteiger partial charge is 0.224 e. The maximum Gasteiger partial charge on any atom is 0.224 e. The minimum atomic E-state index is -0.332. The third-order valence-electron chi connectivity index (χ3n) is 2.03.